The normalized spacial score (nSPS) is 23.7. The van der Waals surface area contributed by atoms with Gasteiger partial charge in [-0.1, -0.05) is 30.3 Å². The standard InChI is InChI=1S/C18H22BO3/c1-17(2)18(3,4)22-19-15(11-21-17)13-9-10-16(20)14-8-6-5-7-12(13)14/h5-10,15,20H,11H2,1-4H3. The van der Waals surface area contributed by atoms with Crippen LogP contribution in [-0.4, -0.2) is 30.4 Å². The van der Waals surface area contributed by atoms with Crippen LogP contribution in [-0.2, 0) is 9.39 Å². The molecule has 0 amide bonds. The van der Waals surface area contributed by atoms with E-state index in [-0.39, 0.29) is 11.4 Å². The number of fused-ring (bicyclic) bond motifs is 1. The van der Waals surface area contributed by atoms with Crippen molar-refractivity contribution in [3.05, 3.63) is 42.0 Å². The van der Waals surface area contributed by atoms with Gasteiger partial charge in [0, 0.05) is 17.8 Å². The molecule has 4 heteroatoms. The van der Waals surface area contributed by atoms with Crippen LogP contribution in [0.2, 0.25) is 0 Å². The van der Waals surface area contributed by atoms with Crippen LogP contribution in [0, 0.1) is 0 Å². The summed E-state index contributed by atoms with van der Waals surface area (Å²) < 4.78 is 12.2. The molecule has 1 atom stereocenters. The monoisotopic (exact) mass is 297 g/mol. The fourth-order valence-electron chi connectivity index (χ4n) is 2.70. The fourth-order valence-corrected chi connectivity index (χ4v) is 2.70. The van der Waals surface area contributed by atoms with Crippen LogP contribution in [0.15, 0.2) is 36.4 Å². The average molecular weight is 297 g/mol. The van der Waals surface area contributed by atoms with E-state index in [4.69, 9.17) is 9.39 Å². The maximum Gasteiger partial charge on any atom is 0.303 e. The lowest BCUT2D eigenvalue weighted by molar-refractivity contribution is -0.121. The fraction of sp³-hybridized carbons (Fsp3) is 0.444. The summed E-state index contributed by atoms with van der Waals surface area (Å²) in [6, 6.07) is 11.6. The predicted octanol–water partition coefficient (Wildman–Crippen LogP) is 3.81. The second kappa shape index (κ2) is 5.29. The van der Waals surface area contributed by atoms with Crippen LogP contribution in [0.4, 0.5) is 0 Å². The molecule has 0 aliphatic carbocycles. The van der Waals surface area contributed by atoms with E-state index >= 15 is 0 Å². The molecule has 0 saturated carbocycles. The van der Waals surface area contributed by atoms with Gasteiger partial charge in [0.25, 0.3) is 0 Å². The topological polar surface area (TPSA) is 38.7 Å². The summed E-state index contributed by atoms with van der Waals surface area (Å²) in [6.07, 6.45) is 0. The highest BCUT2D eigenvalue weighted by molar-refractivity contribution is 6.31. The maximum absolute atomic E-state index is 10.0. The third-order valence-electron chi connectivity index (χ3n) is 4.93. The number of rotatable bonds is 1. The molecule has 1 fully saturated rings. The molecule has 1 radical (unpaired) electrons. The second-order valence-electron chi connectivity index (χ2n) is 6.91. The highest BCUT2D eigenvalue weighted by atomic mass is 16.5. The van der Waals surface area contributed by atoms with Gasteiger partial charge in [-0.3, -0.25) is 0 Å². The molecule has 0 aromatic heterocycles. The molecule has 0 bridgehead atoms. The van der Waals surface area contributed by atoms with Crippen LogP contribution >= 0.6 is 0 Å². The van der Waals surface area contributed by atoms with Gasteiger partial charge in [-0.15, -0.1) is 0 Å². The van der Waals surface area contributed by atoms with Crippen molar-refractivity contribution in [3.8, 4) is 5.75 Å². The van der Waals surface area contributed by atoms with Crippen molar-refractivity contribution in [2.45, 2.75) is 44.7 Å². The van der Waals surface area contributed by atoms with Crippen molar-refractivity contribution in [2.24, 2.45) is 0 Å². The molecule has 0 spiro atoms. The number of phenolic OH excluding ortho intramolecular Hbond substituents is 1. The van der Waals surface area contributed by atoms with E-state index in [0.717, 1.165) is 16.3 Å². The van der Waals surface area contributed by atoms with Crippen molar-refractivity contribution >= 4 is 18.3 Å². The Bertz CT molecular complexity index is 676. The van der Waals surface area contributed by atoms with E-state index in [1.54, 1.807) is 6.07 Å². The van der Waals surface area contributed by atoms with E-state index in [1.807, 2.05) is 51.7 Å². The van der Waals surface area contributed by atoms with Gasteiger partial charge in [0.2, 0.25) is 0 Å². The minimum atomic E-state index is -0.394. The predicted molar refractivity (Wildman–Crippen MR) is 89.3 cm³/mol. The first-order valence-electron chi connectivity index (χ1n) is 7.67. The molecule has 1 unspecified atom stereocenters. The summed E-state index contributed by atoms with van der Waals surface area (Å²) in [5.41, 5.74) is 0.348. The molecule has 1 saturated heterocycles. The number of ether oxygens (including phenoxy) is 1. The first-order chi connectivity index (χ1) is 10.3. The van der Waals surface area contributed by atoms with Gasteiger partial charge in [0.05, 0.1) is 11.2 Å². The van der Waals surface area contributed by atoms with E-state index < -0.39 is 5.60 Å². The van der Waals surface area contributed by atoms with Crippen LogP contribution in [0.1, 0.15) is 39.1 Å². The second-order valence-corrected chi connectivity index (χ2v) is 6.91. The van der Waals surface area contributed by atoms with Gasteiger partial charge in [0.1, 0.15) is 5.75 Å². The molecule has 22 heavy (non-hydrogen) atoms. The minimum Gasteiger partial charge on any atom is -0.507 e. The third-order valence-corrected chi connectivity index (χ3v) is 4.93. The lowest BCUT2D eigenvalue weighted by Crippen LogP contribution is -2.48. The van der Waals surface area contributed by atoms with E-state index in [1.165, 1.54) is 0 Å². The lowest BCUT2D eigenvalue weighted by atomic mass is 9.73. The molecule has 3 rings (SSSR count). The zero-order valence-corrected chi connectivity index (χ0v) is 13.6. The van der Waals surface area contributed by atoms with E-state index in [9.17, 15) is 5.11 Å². The van der Waals surface area contributed by atoms with Gasteiger partial charge in [-0.05, 0) is 44.7 Å². The lowest BCUT2D eigenvalue weighted by Gasteiger charge is -2.39. The largest absolute Gasteiger partial charge is 0.507 e. The van der Waals surface area contributed by atoms with Gasteiger partial charge in [-0.25, -0.2) is 0 Å². The Hall–Kier alpha value is -1.52. The number of hydrogen-bond donors (Lipinski definition) is 1. The van der Waals surface area contributed by atoms with E-state index in [2.05, 4.69) is 13.8 Å². The average Bonchev–Trinajstić information content (AvgIpc) is 2.58. The maximum atomic E-state index is 10.0. The zero-order valence-electron chi connectivity index (χ0n) is 13.6. The van der Waals surface area contributed by atoms with Crippen LogP contribution in [0.5, 0.6) is 5.75 Å². The van der Waals surface area contributed by atoms with Crippen molar-refractivity contribution < 1.29 is 14.5 Å². The molecule has 1 heterocycles. The Morgan fingerprint density at radius 2 is 1.68 bits per heavy atom. The number of hydrogen-bond acceptors (Lipinski definition) is 3. The number of aromatic hydroxyl groups is 1. The van der Waals surface area contributed by atoms with Crippen molar-refractivity contribution in [1.82, 2.24) is 0 Å². The Morgan fingerprint density at radius 1 is 1.00 bits per heavy atom. The molecule has 2 aromatic carbocycles. The highest BCUT2D eigenvalue weighted by Crippen LogP contribution is 2.37. The van der Waals surface area contributed by atoms with Crippen LogP contribution < -0.4 is 0 Å². The first-order valence-corrected chi connectivity index (χ1v) is 7.67. The van der Waals surface area contributed by atoms with Gasteiger partial charge in [-0.2, -0.15) is 0 Å². The number of phenols is 1. The summed E-state index contributed by atoms with van der Waals surface area (Å²) >= 11 is 0. The van der Waals surface area contributed by atoms with Crippen molar-refractivity contribution in [2.75, 3.05) is 6.61 Å². The zero-order chi connectivity index (χ0) is 16.0. The van der Waals surface area contributed by atoms with Crippen LogP contribution in [0.25, 0.3) is 10.8 Å². The van der Waals surface area contributed by atoms with Crippen molar-refractivity contribution in [1.29, 1.82) is 0 Å². The van der Waals surface area contributed by atoms with Crippen molar-refractivity contribution in [3.63, 3.8) is 0 Å². The van der Waals surface area contributed by atoms with Gasteiger partial charge >= 0.3 is 7.48 Å². The molecule has 1 aliphatic rings. The molecule has 1 N–H and O–H groups in total. The molecular formula is C18H22BO3. The summed E-state index contributed by atoms with van der Waals surface area (Å²) in [4.78, 5) is 0. The third kappa shape index (κ3) is 2.51. The first kappa shape index (κ1) is 15.4. The molecule has 115 valence electrons. The smallest absolute Gasteiger partial charge is 0.303 e. The molecule has 2 aromatic rings. The van der Waals surface area contributed by atoms with Gasteiger partial charge < -0.3 is 14.5 Å². The quantitative estimate of drug-likeness (QED) is 0.813. The van der Waals surface area contributed by atoms with Crippen LogP contribution in [0.3, 0.4) is 0 Å². The number of benzene rings is 2. The highest BCUT2D eigenvalue weighted by Gasteiger charge is 2.42. The summed E-state index contributed by atoms with van der Waals surface area (Å²) in [5, 5.41) is 11.9. The molecular weight excluding hydrogens is 275 g/mol. The Balaban J connectivity index is 2.01. The Kier molecular flexibility index (Phi) is 3.70. The minimum absolute atomic E-state index is 0.0338. The Labute approximate surface area is 132 Å². The summed E-state index contributed by atoms with van der Waals surface area (Å²) in [6.45, 7) is 8.75. The van der Waals surface area contributed by atoms with E-state index in [0.29, 0.717) is 12.4 Å². The van der Waals surface area contributed by atoms with Gasteiger partial charge in [0.15, 0.2) is 0 Å². The molecule has 1 aliphatic heterocycles. The summed E-state index contributed by atoms with van der Waals surface area (Å²) in [5.74, 6) is 0.335. The summed E-state index contributed by atoms with van der Waals surface area (Å²) in [7, 11) is 1.88. The Morgan fingerprint density at radius 3 is 2.41 bits per heavy atom. The SMILES string of the molecule is CC1(C)O[B]C(c2ccc(O)c3ccccc23)COC1(C)C. The molecule has 3 nitrogen and oxygen atoms in total.